The monoisotopic (exact) mass is 421 g/mol. The fraction of sp³-hybridized carbons (Fsp3) is 0.182. The Morgan fingerprint density at radius 2 is 1.83 bits per heavy atom. The minimum atomic E-state index is -0.467. The Labute approximate surface area is 175 Å². The molecule has 1 unspecified atom stereocenters. The van der Waals surface area contributed by atoms with Gasteiger partial charge in [0, 0.05) is 29.4 Å². The molecule has 5 rings (SSSR count). The third kappa shape index (κ3) is 3.18. The predicted octanol–water partition coefficient (Wildman–Crippen LogP) is 3.02. The van der Waals surface area contributed by atoms with E-state index >= 15 is 0 Å². The first-order valence-electron chi connectivity index (χ1n) is 9.35. The second-order valence-electron chi connectivity index (χ2n) is 7.05. The van der Waals surface area contributed by atoms with Crippen LogP contribution >= 0.6 is 22.9 Å². The Hall–Kier alpha value is -2.83. The van der Waals surface area contributed by atoms with Gasteiger partial charge in [-0.1, -0.05) is 35.1 Å². The van der Waals surface area contributed by atoms with E-state index in [4.69, 9.17) is 16.6 Å². The Bertz CT molecular complexity index is 1320. The van der Waals surface area contributed by atoms with Gasteiger partial charge in [0.1, 0.15) is 0 Å². The summed E-state index contributed by atoms with van der Waals surface area (Å²) in [4.78, 5) is 35.5. The van der Waals surface area contributed by atoms with Gasteiger partial charge >= 0.3 is 0 Å². The van der Waals surface area contributed by atoms with E-state index in [-0.39, 0.29) is 11.3 Å². The van der Waals surface area contributed by atoms with Gasteiger partial charge in [0.15, 0.2) is 10.6 Å². The number of hydrogen-bond acceptors (Lipinski definition) is 5. The fourth-order valence-electron chi connectivity index (χ4n) is 3.88. The number of rotatable bonds is 2. The number of aromatic nitrogens is 2. The molecular weight excluding hydrogens is 406 g/mol. The lowest BCUT2D eigenvalue weighted by atomic mass is 9.86. The van der Waals surface area contributed by atoms with Gasteiger partial charge in [0.25, 0.3) is 5.56 Å². The SMILES string of the molecule is O=C1CCCC2=C1C(c1ccc(Cl)cc1)n1c(sc(=Cc3ccncc3)c1=O)=N2. The number of halogens is 1. The van der Waals surface area contributed by atoms with E-state index in [0.29, 0.717) is 26.4 Å². The molecule has 1 atom stereocenters. The number of carbonyl (C=O) groups excluding carboxylic acids is 1. The number of benzene rings is 1. The lowest BCUT2D eigenvalue weighted by molar-refractivity contribution is -0.116. The van der Waals surface area contributed by atoms with Crippen molar-refractivity contribution in [2.75, 3.05) is 0 Å². The topological polar surface area (TPSA) is 64.3 Å². The summed E-state index contributed by atoms with van der Waals surface area (Å²) in [7, 11) is 0. The van der Waals surface area contributed by atoms with Crippen molar-refractivity contribution in [2.24, 2.45) is 4.99 Å². The van der Waals surface area contributed by atoms with Crippen molar-refractivity contribution < 1.29 is 4.79 Å². The Morgan fingerprint density at radius 1 is 1.07 bits per heavy atom. The highest BCUT2D eigenvalue weighted by molar-refractivity contribution is 7.07. The van der Waals surface area contributed by atoms with Crippen LogP contribution in [-0.2, 0) is 4.79 Å². The summed E-state index contributed by atoms with van der Waals surface area (Å²) >= 11 is 7.42. The maximum Gasteiger partial charge on any atom is 0.271 e. The highest BCUT2D eigenvalue weighted by Crippen LogP contribution is 2.36. The largest absolute Gasteiger partial charge is 0.294 e. The van der Waals surface area contributed by atoms with Gasteiger partial charge < -0.3 is 0 Å². The van der Waals surface area contributed by atoms with Gasteiger partial charge in [-0.05, 0) is 54.3 Å². The summed E-state index contributed by atoms with van der Waals surface area (Å²) in [6.07, 6.45) is 7.26. The molecule has 2 aromatic heterocycles. The van der Waals surface area contributed by atoms with Gasteiger partial charge in [0.2, 0.25) is 0 Å². The molecule has 144 valence electrons. The van der Waals surface area contributed by atoms with Gasteiger partial charge in [-0.25, -0.2) is 4.99 Å². The second-order valence-corrected chi connectivity index (χ2v) is 8.50. The maximum absolute atomic E-state index is 13.4. The normalized spacial score (nSPS) is 19.0. The first-order chi connectivity index (χ1) is 14.1. The van der Waals surface area contributed by atoms with Crippen LogP contribution < -0.4 is 14.9 Å². The molecule has 29 heavy (non-hydrogen) atoms. The molecule has 3 heterocycles. The van der Waals surface area contributed by atoms with E-state index in [1.807, 2.05) is 30.3 Å². The van der Waals surface area contributed by atoms with Crippen LogP contribution in [0.25, 0.3) is 6.08 Å². The number of fused-ring (bicyclic) bond motifs is 1. The first-order valence-corrected chi connectivity index (χ1v) is 10.5. The van der Waals surface area contributed by atoms with Crippen molar-refractivity contribution in [2.45, 2.75) is 25.3 Å². The number of nitrogens with zero attached hydrogens (tertiary/aromatic N) is 3. The van der Waals surface area contributed by atoms with Crippen molar-refractivity contribution >= 4 is 34.8 Å². The minimum Gasteiger partial charge on any atom is -0.294 e. The summed E-state index contributed by atoms with van der Waals surface area (Å²) in [6.45, 7) is 0. The molecule has 0 amide bonds. The van der Waals surface area contributed by atoms with Crippen LogP contribution in [0.2, 0.25) is 5.02 Å². The van der Waals surface area contributed by atoms with Crippen molar-refractivity contribution in [1.82, 2.24) is 9.55 Å². The number of pyridine rings is 1. The summed E-state index contributed by atoms with van der Waals surface area (Å²) in [6, 6.07) is 10.6. The molecule has 1 aliphatic heterocycles. The summed E-state index contributed by atoms with van der Waals surface area (Å²) in [5, 5.41) is 0.614. The molecule has 0 spiro atoms. The highest BCUT2D eigenvalue weighted by Gasteiger charge is 2.34. The van der Waals surface area contributed by atoms with E-state index in [1.54, 1.807) is 29.1 Å². The van der Waals surface area contributed by atoms with Crippen LogP contribution in [0.4, 0.5) is 0 Å². The molecule has 5 nitrogen and oxygen atoms in total. The summed E-state index contributed by atoms with van der Waals surface area (Å²) in [5.41, 5.74) is 3.06. The van der Waals surface area contributed by atoms with Crippen molar-refractivity contribution in [3.05, 3.63) is 95.9 Å². The van der Waals surface area contributed by atoms with Crippen LogP contribution in [0.15, 0.2) is 69.8 Å². The lowest BCUT2D eigenvalue weighted by Crippen LogP contribution is -2.40. The molecule has 0 saturated heterocycles. The molecule has 0 N–H and O–H groups in total. The Kier molecular flexibility index (Phi) is 4.53. The zero-order valence-electron chi connectivity index (χ0n) is 15.3. The van der Waals surface area contributed by atoms with E-state index in [0.717, 1.165) is 29.7 Å². The molecule has 7 heteroatoms. The highest BCUT2D eigenvalue weighted by atomic mass is 35.5. The van der Waals surface area contributed by atoms with E-state index in [2.05, 4.69) is 4.98 Å². The molecule has 0 saturated carbocycles. The fourth-order valence-corrected chi connectivity index (χ4v) is 5.03. The first kappa shape index (κ1) is 18.2. The van der Waals surface area contributed by atoms with Crippen molar-refractivity contribution in [1.29, 1.82) is 0 Å². The maximum atomic E-state index is 13.4. The van der Waals surface area contributed by atoms with Crippen LogP contribution in [0.5, 0.6) is 0 Å². The number of hydrogen-bond donors (Lipinski definition) is 0. The third-order valence-electron chi connectivity index (χ3n) is 5.22. The molecular formula is C22H16ClN3O2S. The minimum absolute atomic E-state index is 0.0679. The predicted molar refractivity (Wildman–Crippen MR) is 113 cm³/mol. The smallest absolute Gasteiger partial charge is 0.271 e. The summed E-state index contributed by atoms with van der Waals surface area (Å²) in [5.74, 6) is 0.0679. The Morgan fingerprint density at radius 3 is 2.59 bits per heavy atom. The van der Waals surface area contributed by atoms with Gasteiger partial charge in [0.05, 0.1) is 16.3 Å². The van der Waals surface area contributed by atoms with Crippen LogP contribution in [0.3, 0.4) is 0 Å². The van der Waals surface area contributed by atoms with Crippen LogP contribution in [0, 0.1) is 0 Å². The average molecular weight is 422 g/mol. The molecule has 2 aliphatic rings. The van der Waals surface area contributed by atoms with E-state index < -0.39 is 6.04 Å². The number of ketones is 1. The number of Topliss-reactive ketones (excluding diaryl/α,β-unsaturated/α-hetero) is 1. The number of carbonyl (C=O) groups is 1. The average Bonchev–Trinajstić information content (AvgIpc) is 3.03. The molecule has 3 aromatic rings. The van der Waals surface area contributed by atoms with E-state index in [1.165, 1.54) is 11.3 Å². The number of thiazole rings is 1. The molecule has 1 aromatic carbocycles. The Balaban J connectivity index is 1.77. The molecule has 0 radical (unpaired) electrons. The second kappa shape index (κ2) is 7.21. The van der Waals surface area contributed by atoms with Gasteiger partial charge in [-0.15, -0.1) is 0 Å². The molecule has 0 fully saturated rings. The molecule has 1 aliphatic carbocycles. The van der Waals surface area contributed by atoms with Crippen LogP contribution in [-0.4, -0.2) is 15.3 Å². The zero-order valence-corrected chi connectivity index (χ0v) is 16.9. The van der Waals surface area contributed by atoms with Crippen molar-refractivity contribution in [3.63, 3.8) is 0 Å². The number of allylic oxidation sites excluding steroid dienone is 2. The van der Waals surface area contributed by atoms with E-state index in [9.17, 15) is 9.59 Å². The standard InChI is InChI=1S/C22H16ClN3O2S/c23-15-6-4-14(5-7-15)20-19-16(2-1-3-17(19)27)25-22-26(20)21(28)18(29-22)12-13-8-10-24-11-9-13/h4-12,20H,1-3H2. The summed E-state index contributed by atoms with van der Waals surface area (Å²) < 4.78 is 2.24. The van der Waals surface area contributed by atoms with Crippen LogP contribution in [0.1, 0.15) is 36.4 Å². The quantitative estimate of drug-likeness (QED) is 0.639. The lowest BCUT2D eigenvalue weighted by Gasteiger charge is -2.28. The zero-order chi connectivity index (χ0) is 20.0. The van der Waals surface area contributed by atoms with Gasteiger partial charge in [-0.2, -0.15) is 0 Å². The van der Waals surface area contributed by atoms with Crippen molar-refractivity contribution in [3.8, 4) is 0 Å². The van der Waals surface area contributed by atoms with Gasteiger partial charge in [-0.3, -0.25) is 19.1 Å². The molecule has 0 bridgehead atoms. The third-order valence-corrected chi connectivity index (χ3v) is 6.45.